The van der Waals surface area contributed by atoms with E-state index in [1.54, 1.807) is 12.1 Å². The zero-order chi connectivity index (χ0) is 13.0. The molecule has 0 aliphatic carbocycles. The summed E-state index contributed by atoms with van der Waals surface area (Å²) in [5.41, 5.74) is 0.509. The van der Waals surface area contributed by atoms with E-state index in [2.05, 4.69) is 22.6 Å². The van der Waals surface area contributed by atoms with Crippen LogP contribution < -0.4 is 9.47 Å². The van der Waals surface area contributed by atoms with Crippen LogP contribution in [0.5, 0.6) is 11.5 Å². The minimum absolute atomic E-state index is 0.205. The third kappa shape index (κ3) is 3.35. The Morgan fingerprint density at radius 1 is 1.06 bits per heavy atom. The van der Waals surface area contributed by atoms with Gasteiger partial charge in [0.15, 0.2) is 0 Å². The van der Waals surface area contributed by atoms with E-state index in [-0.39, 0.29) is 12.4 Å². The Morgan fingerprint density at radius 3 is 2.33 bits per heavy atom. The average Bonchev–Trinajstić information content (AvgIpc) is 2.39. The van der Waals surface area contributed by atoms with Crippen molar-refractivity contribution in [2.24, 2.45) is 0 Å². The molecule has 0 saturated heterocycles. The summed E-state index contributed by atoms with van der Waals surface area (Å²) < 4.78 is 25.2. The molecular formula is C14H12FIO2. The fourth-order valence-corrected chi connectivity index (χ4v) is 1.82. The van der Waals surface area contributed by atoms with Crippen molar-refractivity contribution in [1.29, 1.82) is 0 Å². The van der Waals surface area contributed by atoms with Gasteiger partial charge in [-0.3, -0.25) is 0 Å². The Hall–Kier alpha value is -1.30. The Kier molecular flexibility index (Phi) is 4.41. The molecule has 94 valence electrons. The molecule has 0 heterocycles. The molecule has 0 N–H and O–H groups in total. The summed E-state index contributed by atoms with van der Waals surface area (Å²) >= 11 is 2.22. The number of hydrogen-bond donors (Lipinski definition) is 0. The van der Waals surface area contributed by atoms with E-state index in [1.807, 2.05) is 24.3 Å². The monoisotopic (exact) mass is 358 g/mol. The minimum Gasteiger partial charge on any atom is -0.497 e. The molecule has 0 spiro atoms. The molecule has 0 aliphatic heterocycles. The smallest absolute Gasteiger partial charge is 0.133 e. The van der Waals surface area contributed by atoms with Gasteiger partial charge < -0.3 is 9.47 Å². The molecule has 0 aromatic heterocycles. The summed E-state index contributed by atoms with van der Waals surface area (Å²) in [5, 5.41) is 0. The van der Waals surface area contributed by atoms with Crippen LogP contribution in [0.25, 0.3) is 0 Å². The molecule has 0 bridgehead atoms. The lowest BCUT2D eigenvalue weighted by molar-refractivity contribution is 0.299. The number of ether oxygens (including phenoxy) is 2. The standard InChI is InChI=1S/C14H12FIO2/c1-17-13-5-2-10(14(15)8-13)9-18-12-6-3-11(16)4-7-12/h2-8H,9H2,1H3. The maximum atomic E-state index is 13.6. The van der Waals surface area contributed by atoms with E-state index in [0.29, 0.717) is 11.3 Å². The minimum atomic E-state index is -0.320. The first-order valence-electron chi connectivity index (χ1n) is 5.40. The Labute approximate surface area is 119 Å². The van der Waals surface area contributed by atoms with Gasteiger partial charge in [-0.1, -0.05) is 0 Å². The first kappa shape index (κ1) is 13.1. The van der Waals surface area contributed by atoms with Crippen molar-refractivity contribution >= 4 is 22.6 Å². The van der Waals surface area contributed by atoms with Crippen LogP contribution >= 0.6 is 22.6 Å². The van der Waals surface area contributed by atoms with Crippen LogP contribution in [0.1, 0.15) is 5.56 Å². The van der Waals surface area contributed by atoms with Gasteiger partial charge in [-0.05, 0) is 59.0 Å². The lowest BCUT2D eigenvalue weighted by atomic mass is 10.2. The van der Waals surface area contributed by atoms with Crippen LogP contribution in [0.3, 0.4) is 0 Å². The summed E-state index contributed by atoms with van der Waals surface area (Å²) in [4.78, 5) is 0. The molecule has 0 amide bonds. The fraction of sp³-hybridized carbons (Fsp3) is 0.143. The summed E-state index contributed by atoms with van der Waals surface area (Å²) in [5.74, 6) is 0.913. The van der Waals surface area contributed by atoms with Gasteiger partial charge in [0, 0.05) is 15.2 Å². The number of rotatable bonds is 4. The van der Waals surface area contributed by atoms with E-state index in [1.165, 1.54) is 13.2 Å². The van der Waals surface area contributed by atoms with Crippen molar-refractivity contribution in [3.8, 4) is 11.5 Å². The van der Waals surface area contributed by atoms with Crippen molar-refractivity contribution in [2.75, 3.05) is 7.11 Å². The fourth-order valence-electron chi connectivity index (χ4n) is 1.46. The quantitative estimate of drug-likeness (QED) is 0.769. The highest BCUT2D eigenvalue weighted by molar-refractivity contribution is 14.1. The summed E-state index contributed by atoms with van der Waals surface area (Å²) in [6.07, 6.45) is 0. The molecule has 0 unspecified atom stereocenters. The normalized spacial score (nSPS) is 10.2. The van der Waals surface area contributed by atoms with Crippen molar-refractivity contribution in [3.05, 3.63) is 57.4 Å². The molecule has 2 aromatic carbocycles. The third-order valence-corrected chi connectivity index (χ3v) is 3.19. The molecule has 0 fully saturated rings. The molecule has 0 atom stereocenters. The van der Waals surface area contributed by atoms with Crippen molar-refractivity contribution in [2.45, 2.75) is 6.61 Å². The van der Waals surface area contributed by atoms with E-state index < -0.39 is 0 Å². The van der Waals surface area contributed by atoms with Crippen LogP contribution in [0.4, 0.5) is 4.39 Å². The largest absolute Gasteiger partial charge is 0.497 e. The average molecular weight is 358 g/mol. The number of benzene rings is 2. The molecule has 2 rings (SSSR count). The molecule has 0 saturated carbocycles. The van der Waals surface area contributed by atoms with Crippen molar-refractivity contribution < 1.29 is 13.9 Å². The first-order chi connectivity index (χ1) is 8.69. The lowest BCUT2D eigenvalue weighted by Crippen LogP contribution is -1.99. The lowest BCUT2D eigenvalue weighted by Gasteiger charge is -2.08. The van der Waals surface area contributed by atoms with Gasteiger partial charge >= 0.3 is 0 Å². The Morgan fingerprint density at radius 2 is 1.72 bits per heavy atom. The molecule has 4 heteroatoms. The van der Waals surface area contributed by atoms with Crippen LogP contribution in [-0.2, 0) is 6.61 Å². The number of halogens is 2. The van der Waals surface area contributed by atoms with Crippen LogP contribution in [0.15, 0.2) is 42.5 Å². The van der Waals surface area contributed by atoms with E-state index in [0.717, 1.165) is 9.32 Å². The van der Waals surface area contributed by atoms with Crippen molar-refractivity contribution in [3.63, 3.8) is 0 Å². The number of hydrogen-bond acceptors (Lipinski definition) is 2. The van der Waals surface area contributed by atoms with Crippen LogP contribution in [0, 0.1) is 9.39 Å². The highest BCUT2D eigenvalue weighted by Crippen LogP contribution is 2.19. The maximum Gasteiger partial charge on any atom is 0.133 e. The third-order valence-electron chi connectivity index (χ3n) is 2.47. The summed E-state index contributed by atoms with van der Waals surface area (Å²) in [6, 6.07) is 12.4. The summed E-state index contributed by atoms with van der Waals surface area (Å²) in [6.45, 7) is 0.205. The maximum absolute atomic E-state index is 13.6. The number of methoxy groups -OCH3 is 1. The molecule has 0 aliphatic rings. The van der Waals surface area contributed by atoms with Gasteiger partial charge in [0.1, 0.15) is 23.9 Å². The second-order valence-electron chi connectivity index (χ2n) is 3.70. The van der Waals surface area contributed by atoms with Gasteiger partial charge in [0.05, 0.1) is 7.11 Å². The highest BCUT2D eigenvalue weighted by Gasteiger charge is 2.04. The highest BCUT2D eigenvalue weighted by atomic mass is 127. The molecular weight excluding hydrogens is 346 g/mol. The first-order valence-corrected chi connectivity index (χ1v) is 6.47. The molecule has 2 nitrogen and oxygen atoms in total. The van der Waals surface area contributed by atoms with E-state index >= 15 is 0 Å². The predicted octanol–water partition coefficient (Wildman–Crippen LogP) is 4.02. The van der Waals surface area contributed by atoms with E-state index in [4.69, 9.17) is 9.47 Å². The Bertz CT molecular complexity index is 526. The van der Waals surface area contributed by atoms with Gasteiger partial charge in [0.25, 0.3) is 0 Å². The van der Waals surface area contributed by atoms with E-state index in [9.17, 15) is 4.39 Å². The van der Waals surface area contributed by atoms with Gasteiger partial charge in [-0.2, -0.15) is 0 Å². The second-order valence-corrected chi connectivity index (χ2v) is 4.95. The van der Waals surface area contributed by atoms with Gasteiger partial charge in [0.2, 0.25) is 0 Å². The zero-order valence-corrected chi connectivity index (χ0v) is 12.0. The van der Waals surface area contributed by atoms with Gasteiger partial charge in [-0.15, -0.1) is 0 Å². The topological polar surface area (TPSA) is 18.5 Å². The van der Waals surface area contributed by atoms with Gasteiger partial charge in [-0.25, -0.2) is 4.39 Å². The molecule has 18 heavy (non-hydrogen) atoms. The molecule has 2 aromatic rings. The SMILES string of the molecule is COc1ccc(COc2ccc(I)cc2)c(F)c1. The van der Waals surface area contributed by atoms with Crippen molar-refractivity contribution in [1.82, 2.24) is 0 Å². The Balaban J connectivity index is 2.04. The molecule has 0 radical (unpaired) electrons. The van der Waals surface area contributed by atoms with Crippen LogP contribution in [0.2, 0.25) is 0 Å². The second kappa shape index (κ2) is 6.04. The zero-order valence-electron chi connectivity index (χ0n) is 9.82. The summed E-state index contributed by atoms with van der Waals surface area (Å²) in [7, 11) is 1.51. The predicted molar refractivity (Wildman–Crippen MR) is 76.4 cm³/mol. The van der Waals surface area contributed by atoms with Crippen LogP contribution in [-0.4, -0.2) is 7.11 Å².